The quantitative estimate of drug-likeness (QED) is 0.482. The lowest BCUT2D eigenvalue weighted by Crippen LogP contribution is -2.07. The van der Waals surface area contributed by atoms with E-state index in [9.17, 15) is 5.11 Å². The summed E-state index contributed by atoms with van der Waals surface area (Å²) in [6.07, 6.45) is 2.02. The molecular weight excluding hydrogens is 339 g/mol. The van der Waals surface area contributed by atoms with Crippen LogP contribution < -0.4 is 5.73 Å². The average molecular weight is 356 g/mol. The molecule has 1 rings (SSSR count). The highest BCUT2D eigenvalue weighted by molar-refractivity contribution is 14.1. The minimum atomic E-state index is -0.793. The molecule has 1 aromatic carbocycles. The number of nitriles is 1. The molecule has 0 aliphatic rings. The number of nitrogens with zero attached hydrogens (tertiary/aromatic N) is 1. The van der Waals surface area contributed by atoms with Gasteiger partial charge in [0.1, 0.15) is 6.10 Å². The maximum Gasteiger partial charge on any atom is 0.102 e. The lowest BCUT2D eigenvalue weighted by Gasteiger charge is -2.17. The summed E-state index contributed by atoms with van der Waals surface area (Å²) in [5, 5.41) is 19.2. The van der Waals surface area contributed by atoms with Crippen molar-refractivity contribution >= 4 is 28.3 Å². The fourth-order valence-corrected chi connectivity index (χ4v) is 2.34. The van der Waals surface area contributed by atoms with Crippen LogP contribution in [0.5, 0.6) is 0 Å². The van der Waals surface area contributed by atoms with Gasteiger partial charge in [0.2, 0.25) is 0 Å². The summed E-state index contributed by atoms with van der Waals surface area (Å²) in [7, 11) is 0. The smallest absolute Gasteiger partial charge is 0.102 e. The summed E-state index contributed by atoms with van der Waals surface area (Å²) >= 11 is 2.07. The second-order valence-corrected chi connectivity index (χ2v) is 5.40. The summed E-state index contributed by atoms with van der Waals surface area (Å²) in [4.78, 5) is 0. The largest absolute Gasteiger partial charge is 0.398 e. The van der Waals surface area contributed by atoms with Gasteiger partial charge in [-0.15, -0.1) is 0 Å². The Hall–Kier alpha value is -1.06. The van der Waals surface area contributed by atoms with E-state index in [2.05, 4.69) is 42.2 Å². The Bertz CT molecular complexity index is 491. The Labute approximate surface area is 121 Å². The van der Waals surface area contributed by atoms with Crippen molar-refractivity contribution in [2.75, 3.05) is 5.73 Å². The highest BCUT2D eigenvalue weighted by atomic mass is 127. The first-order chi connectivity index (χ1) is 8.51. The molecule has 0 aliphatic heterocycles. The Morgan fingerprint density at radius 3 is 2.83 bits per heavy atom. The van der Waals surface area contributed by atoms with Gasteiger partial charge in [-0.1, -0.05) is 19.9 Å². The van der Waals surface area contributed by atoms with Gasteiger partial charge in [0, 0.05) is 9.13 Å². The van der Waals surface area contributed by atoms with Crippen LogP contribution in [0.1, 0.15) is 43.4 Å². The number of hydrogen-bond donors (Lipinski definition) is 2. The van der Waals surface area contributed by atoms with E-state index in [0.717, 1.165) is 28.4 Å². The van der Waals surface area contributed by atoms with Crippen LogP contribution >= 0.6 is 22.6 Å². The summed E-state index contributed by atoms with van der Waals surface area (Å²) in [5.41, 5.74) is 8.32. The average Bonchev–Trinajstić information content (AvgIpc) is 2.38. The van der Waals surface area contributed by atoms with Crippen molar-refractivity contribution in [2.24, 2.45) is 0 Å². The Morgan fingerprint density at radius 1 is 1.61 bits per heavy atom. The van der Waals surface area contributed by atoms with Crippen LogP contribution in [-0.4, -0.2) is 5.11 Å². The SMILES string of the molecule is C=C(CCCC)C(O)c1cc(C#N)cc(I)c1N. The molecule has 1 aromatic rings. The fraction of sp³-hybridized carbons (Fsp3) is 0.357. The standard InChI is InChI=1S/C14H17IN2O/c1-3-4-5-9(2)14(18)11-6-10(8-16)7-12(15)13(11)17/h6-7,14,18H,2-5,17H2,1H3. The van der Waals surface area contributed by atoms with Crippen LogP contribution in [0.2, 0.25) is 0 Å². The predicted molar refractivity (Wildman–Crippen MR) is 81.9 cm³/mol. The number of aliphatic hydroxyl groups excluding tert-OH is 1. The zero-order chi connectivity index (χ0) is 13.7. The number of benzene rings is 1. The lowest BCUT2D eigenvalue weighted by atomic mass is 9.96. The van der Waals surface area contributed by atoms with Gasteiger partial charge in [-0.2, -0.15) is 5.26 Å². The van der Waals surface area contributed by atoms with Crippen molar-refractivity contribution in [3.63, 3.8) is 0 Å². The van der Waals surface area contributed by atoms with Gasteiger partial charge < -0.3 is 10.8 Å². The van der Waals surface area contributed by atoms with E-state index in [-0.39, 0.29) is 0 Å². The topological polar surface area (TPSA) is 70.0 Å². The molecule has 0 bridgehead atoms. The molecule has 1 unspecified atom stereocenters. The summed E-state index contributed by atoms with van der Waals surface area (Å²) in [6.45, 7) is 5.99. The molecule has 96 valence electrons. The van der Waals surface area contributed by atoms with Crippen LogP contribution in [0.4, 0.5) is 5.69 Å². The molecule has 18 heavy (non-hydrogen) atoms. The van der Waals surface area contributed by atoms with Crippen LogP contribution in [-0.2, 0) is 0 Å². The Kier molecular flexibility index (Phi) is 5.63. The molecule has 0 saturated heterocycles. The molecule has 3 N–H and O–H groups in total. The number of hydrogen-bond acceptors (Lipinski definition) is 3. The Balaban J connectivity index is 3.05. The van der Waals surface area contributed by atoms with E-state index >= 15 is 0 Å². The fourth-order valence-electron chi connectivity index (χ4n) is 1.69. The number of aliphatic hydroxyl groups is 1. The van der Waals surface area contributed by atoms with Crippen LogP contribution in [0.15, 0.2) is 24.3 Å². The van der Waals surface area contributed by atoms with Crippen molar-refractivity contribution in [1.29, 1.82) is 5.26 Å². The normalized spacial score (nSPS) is 11.9. The summed E-state index contributed by atoms with van der Waals surface area (Å²) in [5.74, 6) is 0. The van der Waals surface area contributed by atoms with Gasteiger partial charge in [-0.05, 0) is 53.1 Å². The third-order valence-electron chi connectivity index (χ3n) is 2.82. The zero-order valence-electron chi connectivity index (χ0n) is 10.4. The third kappa shape index (κ3) is 3.47. The molecule has 0 aromatic heterocycles. The molecule has 1 atom stereocenters. The molecule has 0 spiro atoms. The maximum atomic E-state index is 10.2. The number of rotatable bonds is 5. The molecule has 3 nitrogen and oxygen atoms in total. The number of unbranched alkanes of at least 4 members (excludes halogenated alkanes) is 1. The van der Waals surface area contributed by atoms with Crippen molar-refractivity contribution < 1.29 is 5.11 Å². The highest BCUT2D eigenvalue weighted by Gasteiger charge is 2.17. The van der Waals surface area contributed by atoms with Gasteiger partial charge in [0.25, 0.3) is 0 Å². The molecule has 0 aliphatic carbocycles. The van der Waals surface area contributed by atoms with Crippen molar-refractivity contribution in [3.8, 4) is 6.07 Å². The molecule has 4 heteroatoms. The highest BCUT2D eigenvalue weighted by Crippen LogP contribution is 2.32. The minimum absolute atomic E-state index is 0.506. The van der Waals surface area contributed by atoms with Gasteiger partial charge >= 0.3 is 0 Å². The van der Waals surface area contributed by atoms with Crippen molar-refractivity contribution in [3.05, 3.63) is 39.0 Å². The first-order valence-electron chi connectivity index (χ1n) is 5.86. The Morgan fingerprint density at radius 2 is 2.28 bits per heavy atom. The molecule has 0 fully saturated rings. The molecule has 0 amide bonds. The third-order valence-corrected chi connectivity index (χ3v) is 3.72. The maximum absolute atomic E-state index is 10.2. The van der Waals surface area contributed by atoms with Crippen LogP contribution in [0.3, 0.4) is 0 Å². The van der Waals surface area contributed by atoms with Gasteiger partial charge in [-0.25, -0.2) is 0 Å². The van der Waals surface area contributed by atoms with E-state index in [0.29, 0.717) is 16.8 Å². The van der Waals surface area contributed by atoms with Gasteiger partial charge in [-0.3, -0.25) is 0 Å². The number of nitrogens with two attached hydrogens (primary N) is 1. The second kappa shape index (κ2) is 6.76. The van der Waals surface area contributed by atoms with E-state index < -0.39 is 6.10 Å². The zero-order valence-corrected chi connectivity index (χ0v) is 12.6. The molecule has 0 radical (unpaired) electrons. The molecule has 0 heterocycles. The van der Waals surface area contributed by atoms with E-state index in [1.807, 2.05) is 0 Å². The number of halogens is 1. The monoisotopic (exact) mass is 356 g/mol. The van der Waals surface area contributed by atoms with E-state index in [4.69, 9.17) is 11.0 Å². The van der Waals surface area contributed by atoms with E-state index in [1.54, 1.807) is 12.1 Å². The molecular formula is C14H17IN2O. The van der Waals surface area contributed by atoms with Crippen molar-refractivity contribution in [2.45, 2.75) is 32.3 Å². The number of nitrogen functional groups attached to an aromatic ring is 1. The van der Waals surface area contributed by atoms with Crippen molar-refractivity contribution in [1.82, 2.24) is 0 Å². The van der Waals surface area contributed by atoms with Crippen LogP contribution in [0, 0.1) is 14.9 Å². The lowest BCUT2D eigenvalue weighted by molar-refractivity contribution is 0.212. The predicted octanol–water partition coefficient (Wildman–Crippen LogP) is 3.52. The number of anilines is 1. The first-order valence-corrected chi connectivity index (χ1v) is 6.93. The van der Waals surface area contributed by atoms with Gasteiger partial charge in [0.05, 0.1) is 17.3 Å². The summed E-state index contributed by atoms with van der Waals surface area (Å²) < 4.78 is 0.781. The first kappa shape index (κ1) is 15.0. The van der Waals surface area contributed by atoms with Crippen LogP contribution in [0.25, 0.3) is 0 Å². The summed E-state index contributed by atoms with van der Waals surface area (Å²) in [6, 6.07) is 5.42. The molecule has 0 saturated carbocycles. The second-order valence-electron chi connectivity index (χ2n) is 4.24. The van der Waals surface area contributed by atoms with Gasteiger partial charge in [0.15, 0.2) is 0 Å². The minimum Gasteiger partial charge on any atom is -0.398 e. The van der Waals surface area contributed by atoms with E-state index in [1.165, 1.54) is 0 Å².